The highest BCUT2D eigenvalue weighted by molar-refractivity contribution is 7.39. The molecule has 1 aromatic rings. The van der Waals surface area contributed by atoms with E-state index < -0.39 is 32.5 Å². The third-order valence-corrected chi connectivity index (χ3v) is 6.42. The van der Waals surface area contributed by atoms with Gasteiger partial charge in [-0.05, 0) is 47.8 Å². The number of hydrogen-bond donors (Lipinski definition) is 6. The van der Waals surface area contributed by atoms with Crippen LogP contribution in [0.15, 0.2) is 24.3 Å². The van der Waals surface area contributed by atoms with Gasteiger partial charge in [-0.15, -0.1) is 0 Å². The number of carbonyl (C=O) groups excluding carboxylic acids is 4. The molecule has 0 heterocycles. The monoisotopic (exact) mass is 644 g/mol. The van der Waals surface area contributed by atoms with Crippen molar-refractivity contribution in [3.63, 3.8) is 0 Å². The zero-order valence-corrected chi connectivity index (χ0v) is 29.6. The van der Waals surface area contributed by atoms with Crippen LogP contribution in [0.3, 0.4) is 0 Å². The van der Waals surface area contributed by atoms with Gasteiger partial charge in [0.15, 0.2) is 0 Å². The Morgan fingerprint density at radius 2 is 1.52 bits per heavy atom. The molecule has 44 heavy (non-hydrogen) atoms. The van der Waals surface area contributed by atoms with Crippen LogP contribution in [0, 0.1) is 17.3 Å². The molecule has 0 aliphatic carbocycles. The minimum atomic E-state index is -2.52. The SMILES string of the molecule is CC.CC(C)CC(C)(C)C.CCCCCC(=O)NC(Cc1ccc(OP(O)O)cc1)C(=O)NC(C(N)=O)C(C)CC.NC=O. The maximum absolute atomic E-state index is 12.9. The maximum atomic E-state index is 12.9. The van der Waals surface area contributed by atoms with Crippen LogP contribution in [-0.4, -0.2) is 46.0 Å². The molecule has 256 valence electrons. The van der Waals surface area contributed by atoms with Crippen LogP contribution in [-0.2, 0) is 25.6 Å². The Hall–Kier alpha value is -2.75. The summed E-state index contributed by atoms with van der Waals surface area (Å²) in [5.41, 5.74) is 10.9. The molecule has 1 rings (SSSR count). The number of nitrogens with one attached hydrogen (secondary N) is 2. The molecule has 0 aromatic heterocycles. The lowest BCUT2D eigenvalue weighted by Gasteiger charge is -2.25. The summed E-state index contributed by atoms with van der Waals surface area (Å²) in [6.07, 6.45) is 5.35. The average molecular weight is 645 g/mol. The van der Waals surface area contributed by atoms with Crippen LogP contribution >= 0.6 is 8.60 Å². The van der Waals surface area contributed by atoms with Crippen molar-refractivity contribution in [3.8, 4) is 5.75 Å². The van der Waals surface area contributed by atoms with Gasteiger partial charge in [-0.3, -0.25) is 19.2 Å². The first kappa shape index (κ1) is 45.7. The molecule has 0 bridgehead atoms. The normalized spacial score (nSPS) is 12.5. The summed E-state index contributed by atoms with van der Waals surface area (Å²) in [5.74, 6) is -0.376. The number of benzene rings is 1. The molecule has 8 N–H and O–H groups in total. The number of amides is 4. The lowest BCUT2D eigenvalue weighted by Crippen LogP contribution is -2.55. The zero-order chi connectivity index (χ0) is 34.9. The van der Waals surface area contributed by atoms with Crippen LogP contribution in [0.4, 0.5) is 0 Å². The second-order valence-electron chi connectivity index (χ2n) is 11.8. The van der Waals surface area contributed by atoms with Gasteiger partial charge in [-0.25, -0.2) is 0 Å². The molecule has 0 radical (unpaired) electrons. The Labute approximate surface area is 267 Å². The number of unbranched alkanes of at least 4 members (excludes halogenated alkanes) is 2. The maximum Gasteiger partial charge on any atom is 0.391 e. The van der Waals surface area contributed by atoms with Gasteiger partial charge >= 0.3 is 8.60 Å². The second kappa shape index (κ2) is 26.6. The van der Waals surface area contributed by atoms with E-state index in [1.165, 1.54) is 6.42 Å². The van der Waals surface area contributed by atoms with E-state index in [4.69, 9.17) is 24.8 Å². The van der Waals surface area contributed by atoms with E-state index in [2.05, 4.69) is 51.0 Å². The fourth-order valence-corrected chi connectivity index (χ4v) is 4.55. The van der Waals surface area contributed by atoms with E-state index in [1.807, 2.05) is 34.6 Å². The highest BCUT2D eigenvalue weighted by atomic mass is 31.2. The summed E-state index contributed by atoms with van der Waals surface area (Å²) in [6.45, 7) is 21.2. The number of primary amides is 2. The standard InChI is InChI=1S/C21H34N3O6P.C8H18.C2H6.CH3NO/c1-4-6-7-8-18(25)23-17(21(27)24-19(20(22)26)14(3)5-2)13-15-9-11-16(12-10-15)30-31(28)29;1-7(2)6-8(3,4)5;1-2;2-1-3/h9-12,14,17,19,28-29H,4-8,13H2,1-3H3,(H2,22,26)(H,23,25)(H,24,27);7H,6H2,1-5H3;1-2H3;1H,(H2,2,3). The Morgan fingerprint density at radius 1 is 1.00 bits per heavy atom. The van der Waals surface area contributed by atoms with E-state index in [1.54, 1.807) is 24.3 Å². The molecule has 0 saturated heterocycles. The predicted molar refractivity (Wildman–Crippen MR) is 179 cm³/mol. The highest BCUT2D eigenvalue weighted by Gasteiger charge is 2.28. The first-order valence-electron chi connectivity index (χ1n) is 15.5. The summed E-state index contributed by atoms with van der Waals surface area (Å²) >= 11 is 0. The van der Waals surface area contributed by atoms with E-state index in [0.29, 0.717) is 18.3 Å². The molecular formula is C32H61N4O7P. The Morgan fingerprint density at radius 3 is 1.89 bits per heavy atom. The van der Waals surface area contributed by atoms with E-state index in [0.717, 1.165) is 30.7 Å². The van der Waals surface area contributed by atoms with Crippen molar-refractivity contribution in [3.05, 3.63) is 29.8 Å². The van der Waals surface area contributed by atoms with Gasteiger partial charge in [0, 0.05) is 12.8 Å². The summed E-state index contributed by atoms with van der Waals surface area (Å²) in [5, 5.41) is 5.44. The summed E-state index contributed by atoms with van der Waals surface area (Å²) in [6, 6.07) is 4.69. The number of carbonyl (C=O) groups is 4. The molecule has 0 saturated carbocycles. The molecule has 0 aliphatic rings. The molecule has 11 nitrogen and oxygen atoms in total. The summed E-state index contributed by atoms with van der Waals surface area (Å²) in [7, 11) is -2.52. The smallest absolute Gasteiger partial charge is 0.391 e. The van der Waals surface area contributed by atoms with Crippen molar-refractivity contribution in [2.24, 2.45) is 28.7 Å². The summed E-state index contributed by atoms with van der Waals surface area (Å²) in [4.78, 5) is 63.5. The molecule has 0 spiro atoms. The van der Waals surface area contributed by atoms with Gasteiger partial charge in [0.25, 0.3) is 0 Å². The van der Waals surface area contributed by atoms with Crippen LogP contribution in [0.5, 0.6) is 5.75 Å². The van der Waals surface area contributed by atoms with Crippen molar-refractivity contribution in [1.82, 2.24) is 10.6 Å². The third-order valence-electron chi connectivity index (χ3n) is 6.05. The molecule has 3 atom stereocenters. The number of hydrogen-bond acceptors (Lipinski definition) is 7. The topological polar surface area (TPSA) is 194 Å². The minimum absolute atomic E-state index is 0.148. The van der Waals surface area contributed by atoms with E-state index >= 15 is 0 Å². The number of rotatable bonds is 15. The average Bonchev–Trinajstić information content (AvgIpc) is 2.92. The highest BCUT2D eigenvalue weighted by Crippen LogP contribution is 2.28. The molecule has 12 heteroatoms. The van der Waals surface area contributed by atoms with Gasteiger partial charge in [0.05, 0.1) is 0 Å². The van der Waals surface area contributed by atoms with E-state index in [-0.39, 0.29) is 30.4 Å². The lowest BCUT2D eigenvalue weighted by molar-refractivity contribution is -0.132. The molecular weight excluding hydrogens is 583 g/mol. The van der Waals surface area contributed by atoms with Crippen LogP contribution in [0.25, 0.3) is 0 Å². The van der Waals surface area contributed by atoms with E-state index in [9.17, 15) is 14.4 Å². The van der Waals surface area contributed by atoms with Crippen molar-refractivity contribution < 1.29 is 33.5 Å². The third kappa shape index (κ3) is 25.7. The van der Waals surface area contributed by atoms with Gasteiger partial charge in [-0.2, -0.15) is 0 Å². The molecule has 0 fully saturated rings. The first-order chi connectivity index (χ1) is 20.5. The van der Waals surface area contributed by atoms with Crippen molar-refractivity contribution >= 4 is 32.7 Å². The zero-order valence-electron chi connectivity index (χ0n) is 28.7. The molecule has 3 unspecified atom stereocenters. The Bertz CT molecular complexity index is 907. The first-order valence-corrected chi connectivity index (χ1v) is 16.7. The van der Waals surface area contributed by atoms with Crippen LogP contribution in [0.1, 0.15) is 113 Å². The second-order valence-corrected chi connectivity index (χ2v) is 12.5. The van der Waals surface area contributed by atoms with Gasteiger partial charge < -0.3 is 36.4 Å². The van der Waals surface area contributed by atoms with Gasteiger partial charge in [0.2, 0.25) is 24.1 Å². The number of nitrogens with two attached hydrogens (primary N) is 2. The lowest BCUT2D eigenvalue weighted by atomic mass is 9.86. The minimum Gasteiger partial charge on any atom is -0.427 e. The predicted octanol–water partition coefficient (Wildman–Crippen LogP) is 5.11. The fraction of sp³-hybridized carbons (Fsp3) is 0.688. The molecule has 1 aromatic carbocycles. The fourth-order valence-electron chi connectivity index (χ4n) is 4.24. The summed E-state index contributed by atoms with van der Waals surface area (Å²) < 4.78 is 4.83. The van der Waals surface area contributed by atoms with Crippen molar-refractivity contribution in [1.29, 1.82) is 0 Å². The van der Waals surface area contributed by atoms with Gasteiger partial charge in [0.1, 0.15) is 17.8 Å². The van der Waals surface area contributed by atoms with Crippen LogP contribution < -0.4 is 26.6 Å². The Balaban J connectivity index is -0.00000109. The largest absolute Gasteiger partial charge is 0.427 e. The van der Waals surface area contributed by atoms with Crippen molar-refractivity contribution in [2.45, 2.75) is 126 Å². The van der Waals surface area contributed by atoms with Crippen molar-refractivity contribution in [2.75, 3.05) is 0 Å². The van der Waals surface area contributed by atoms with Gasteiger partial charge in [-0.1, -0.05) is 101 Å². The quantitative estimate of drug-likeness (QED) is 0.0867. The Kier molecular flexibility index (Phi) is 27.6. The molecule has 4 amide bonds. The molecule has 0 aliphatic heterocycles. The van der Waals surface area contributed by atoms with Crippen LogP contribution in [0.2, 0.25) is 0 Å².